The van der Waals surface area contributed by atoms with Crippen LogP contribution in [-0.4, -0.2) is 11.8 Å². The van der Waals surface area contributed by atoms with E-state index in [4.69, 9.17) is 10.2 Å². The molecule has 0 saturated carbocycles. The van der Waals surface area contributed by atoms with Gasteiger partial charge < -0.3 is 10.2 Å². The third-order valence-corrected chi connectivity index (χ3v) is 2.40. The van der Waals surface area contributed by atoms with Gasteiger partial charge in [0, 0.05) is 0 Å². The quantitative estimate of drug-likeness (QED) is 0.794. The molecule has 1 unspecified atom stereocenters. The molecule has 0 fully saturated rings. The Morgan fingerprint density at radius 2 is 1.94 bits per heavy atom. The minimum absolute atomic E-state index is 0.158. The monoisotopic (exact) mass is 215 g/mol. The molecule has 1 aromatic carbocycles. The van der Waals surface area contributed by atoms with Gasteiger partial charge in [0.15, 0.2) is 5.76 Å². The van der Waals surface area contributed by atoms with Crippen LogP contribution in [0.4, 0.5) is 0 Å². The Labute approximate surface area is 93.9 Å². The van der Waals surface area contributed by atoms with Crippen molar-refractivity contribution in [1.82, 2.24) is 0 Å². The van der Waals surface area contributed by atoms with Crippen molar-refractivity contribution in [3.05, 3.63) is 60.1 Å². The van der Waals surface area contributed by atoms with Crippen LogP contribution >= 0.6 is 0 Å². The van der Waals surface area contributed by atoms with Gasteiger partial charge in [-0.1, -0.05) is 30.3 Å². The van der Waals surface area contributed by atoms with E-state index in [1.807, 2.05) is 30.3 Å². The van der Waals surface area contributed by atoms with E-state index in [9.17, 15) is 4.79 Å². The number of benzene rings is 1. The van der Waals surface area contributed by atoms with Gasteiger partial charge in [0.2, 0.25) is 5.78 Å². The zero-order valence-electron chi connectivity index (χ0n) is 8.80. The topological polar surface area (TPSA) is 56.2 Å². The summed E-state index contributed by atoms with van der Waals surface area (Å²) in [6.07, 6.45) is 2.00. The zero-order chi connectivity index (χ0) is 11.4. The molecule has 2 aromatic rings. The van der Waals surface area contributed by atoms with Crippen molar-refractivity contribution in [2.45, 2.75) is 12.5 Å². The molecule has 0 aliphatic heterocycles. The first-order valence-electron chi connectivity index (χ1n) is 5.14. The molecule has 0 spiro atoms. The first-order valence-corrected chi connectivity index (χ1v) is 5.14. The van der Waals surface area contributed by atoms with Crippen molar-refractivity contribution < 1.29 is 9.21 Å². The van der Waals surface area contributed by atoms with E-state index in [0.29, 0.717) is 12.2 Å². The molecular formula is C13H13NO2. The number of hydrogen-bond acceptors (Lipinski definition) is 3. The molecule has 0 radical (unpaired) electrons. The molecule has 0 bridgehead atoms. The van der Waals surface area contributed by atoms with Crippen LogP contribution in [0.2, 0.25) is 0 Å². The molecule has 0 amide bonds. The molecule has 1 aromatic heterocycles. The van der Waals surface area contributed by atoms with E-state index in [2.05, 4.69) is 0 Å². The first-order chi connectivity index (χ1) is 7.77. The van der Waals surface area contributed by atoms with Crippen LogP contribution in [0.25, 0.3) is 0 Å². The summed E-state index contributed by atoms with van der Waals surface area (Å²) in [7, 11) is 0. The number of rotatable bonds is 4. The summed E-state index contributed by atoms with van der Waals surface area (Å²) >= 11 is 0. The highest BCUT2D eigenvalue weighted by atomic mass is 16.3. The van der Waals surface area contributed by atoms with Gasteiger partial charge in [0.05, 0.1) is 12.3 Å². The number of carbonyl (C=O) groups is 1. The van der Waals surface area contributed by atoms with Crippen LogP contribution in [0.5, 0.6) is 0 Å². The van der Waals surface area contributed by atoms with E-state index >= 15 is 0 Å². The van der Waals surface area contributed by atoms with Gasteiger partial charge in [-0.3, -0.25) is 4.79 Å². The molecule has 0 aliphatic rings. The highest BCUT2D eigenvalue weighted by Crippen LogP contribution is 2.08. The van der Waals surface area contributed by atoms with E-state index < -0.39 is 6.04 Å². The van der Waals surface area contributed by atoms with Gasteiger partial charge >= 0.3 is 0 Å². The third kappa shape index (κ3) is 2.38. The van der Waals surface area contributed by atoms with Crippen LogP contribution < -0.4 is 5.73 Å². The molecular weight excluding hydrogens is 202 g/mol. The summed E-state index contributed by atoms with van der Waals surface area (Å²) in [5.74, 6) is 0.164. The molecule has 16 heavy (non-hydrogen) atoms. The fourth-order valence-electron chi connectivity index (χ4n) is 1.56. The average Bonchev–Trinajstić information content (AvgIpc) is 2.83. The Hall–Kier alpha value is -1.87. The van der Waals surface area contributed by atoms with Crippen molar-refractivity contribution in [3.8, 4) is 0 Å². The molecule has 0 aliphatic carbocycles. The summed E-state index contributed by atoms with van der Waals surface area (Å²) in [5, 5.41) is 0. The highest BCUT2D eigenvalue weighted by molar-refractivity contribution is 5.97. The minimum atomic E-state index is -0.548. The van der Waals surface area contributed by atoms with Crippen molar-refractivity contribution in [2.24, 2.45) is 5.73 Å². The molecule has 1 heterocycles. The Bertz CT molecular complexity index is 448. The van der Waals surface area contributed by atoms with Gasteiger partial charge in [0.1, 0.15) is 0 Å². The molecule has 0 saturated heterocycles. The smallest absolute Gasteiger partial charge is 0.214 e. The second kappa shape index (κ2) is 4.77. The van der Waals surface area contributed by atoms with E-state index in [-0.39, 0.29) is 5.78 Å². The number of carbonyl (C=O) groups excluding carboxylic acids is 1. The lowest BCUT2D eigenvalue weighted by Crippen LogP contribution is -2.32. The molecule has 3 nitrogen and oxygen atoms in total. The molecule has 82 valence electrons. The van der Waals surface area contributed by atoms with Gasteiger partial charge in [-0.25, -0.2) is 0 Å². The van der Waals surface area contributed by atoms with Gasteiger partial charge in [-0.15, -0.1) is 0 Å². The summed E-state index contributed by atoms with van der Waals surface area (Å²) in [6.45, 7) is 0. The van der Waals surface area contributed by atoms with Crippen molar-refractivity contribution >= 4 is 5.78 Å². The van der Waals surface area contributed by atoms with Crippen molar-refractivity contribution in [1.29, 1.82) is 0 Å². The summed E-state index contributed by atoms with van der Waals surface area (Å²) < 4.78 is 5.02. The van der Waals surface area contributed by atoms with Crippen LogP contribution in [0.15, 0.2) is 53.1 Å². The number of hydrogen-bond donors (Lipinski definition) is 1. The summed E-state index contributed by atoms with van der Waals surface area (Å²) in [6, 6.07) is 12.5. The van der Waals surface area contributed by atoms with Crippen molar-refractivity contribution in [3.63, 3.8) is 0 Å². The van der Waals surface area contributed by atoms with Gasteiger partial charge in [-0.05, 0) is 24.1 Å². The Morgan fingerprint density at radius 3 is 2.56 bits per heavy atom. The fourth-order valence-corrected chi connectivity index (χ4v) is 1.56. The first kappa shape index (κ1) is 10.6. The maximum Gasteiger partial charge on any atom is 0.214 e. The lowest BCUT2D eigenvalue weighted by atomic mass is 10.0. The average molecular weight is 215 g/mol. The van der Waals surface area contributed by atoms with Crippen LogP contribution in [0.3, 0.4) is 0 Å². The van der Waals surface area contributed by atoms with E-state index in [1.54, 1.807) is 12.1 Å². The van der Waals surface area contributed by atoms with Crippen molar-refractivity contribution in [2.75, 3.05) is 0 Å². The highest BCUT2D eigenvalue weighted by Gasteiger charge is 2.18. The standard InChI is InChI=1S/C13H13NO2/c14-11(9-10-5-2-1-3-6-10)13(15)12-7-4-8-16-12/h1-8,11H,9,14H2. The third-order valence-electron chi connectivity index (χ3n) is 2.40. The number of Topliss-reactive ketones (excluding diaryl/α,β-unsaturated/α-hetero) is 1. The predicted molar refractivity (Wildman–Crippen MR) is 61.2 cm³/mol. The largest absolute Gasteiger partial charge is 0.461 e. The SMILES string of the molecule is NC(Cc1ccccc1)C(=O)c1ccco1. The Balaban J connectivity index is 2.04. The summed E-state index contributed by atoms with van der Waals surface area (Å²) in [4.78, 5) is 11.8. The molecule has 2 rings (SSSR count). The zero-order valence-corrected chi connectivity index (χ0v) is 8.80. The summed E-state index contributed by atoms with van der Waals surface area (Å²) in [5.41, 5.74) is 6.88. The Kier molecular flexibility index (Phi) is 3.17. The molecule has 2 N–H and O–H groups in total. The van der Waals surface area contributed by atoms with E-state index in [0.717, 1.165) is 5.56 Å². The maximum absolute atomic E-state index is 11.8. The minimum Gasteiger partial charge on any atom is -0.461 e. The second-order valence-electron chi connectivity index (χ2n) is 3.64. The lowest BCUT2D eigenvalue weighted by molar-refractivity contribution is 0.0933. The lowest BCUT2D eigenvalue weighted by Gasteiger charge is -2.08. The van der Waals surface area contributed by atoms with Gasteiger partial charge in [0.25, 0.3) is 0 Å². The Morgan fingerprint density at radius 1 is 1.19 bits per heavy atom. The van der Waals surface area contributed by atoms with Crippen LogP contribution in [0.1, 0.15) is 16.1 Å². The van der Waals surface area contributed by atoms with Crippen LogP contribution in [0, 0.1) is 0 Å². The number of nitrogens with two attached hydrogens (primary N) is 1. The molecule has 1 atom stereocenters. The normalized spacial score (nSPS) is 12.3. The fraction of sp³-hybridized carbons (Fsp3) is 0.154. The van der Waals surface area contributed by atoms with E-state index in [1.165, 1.54) is 6.26 Å². The predicted octanol–water partition coefficient (Wildman–Crippen LogP) is 2.03. The molecule has 3 heteroatoms. The second-order valence-corrected chi connectivity index (χ2v) is 3.64. The maximum atomic E-state index is 11.8. The number of furan rings is 1. The van der Waals surface area contributed by atoms with Gasteiger partial charge in [-0.2, -0.15) is 0 Å². The van der Waals surface area contributed by atoms with Crippen LogP contribution in [-0.2, 0) is 6.42 Å². The number of ketones is 1.